The molecule has 35 heavy (non-hydrogen) atoms. The summed E-state index contributed by atoms with van der Waals surface area (Å²) in [6.45, 7) is 6.47. The van der Waals surface area contributed by atoms with Crippen molar-refractivity contribution in [3.63, 3.8) is 0 Å². The maximum Gasteiger partial charge on any atom is 0.253 e. The normalized spacial score (nSPS) is 15.2. The number of fused-ring (bicyclic) bond motifs is 1. The number of ether oxygens (including phenoxy) is 4. The molecule has 7 nitrogen and oxygen atoms in total. The van der Waals surface area contributed by atoms with Crippen LogP contribution in [0.1, 0.15) is 27.0 Å². The Kier molecular flexibility index (Phi) is 6.77. The molecule has 0 atom stereocenters. The highest BCUT2D eigenvalue weighted by atomic mass is 16.7. The summed E-state index contributed by atoms with van der Waals surface area (Å²) >= 11 is 0. The van der Waals surface area contributed by atoms with Gasteiger partial charge in [-0.2, -0.15) is 0 Å². The first-order chi connectivity index (χ1) is 17.1. The van der Waals surface area contributed by atoms with E-state index in [0.29, 0.717) is 31.0 Å². The van der Waals surface area contributed by atoms with Crippen molar-refractivity contribution in [2.45, 2.75) is 20.1 Å². The minimum Gasteiger partial charge on any atom is -0.496 e. The Balaban J connectivity index is 1.19. The molecular formula is C28H30N2O5. The van der Waals surface area contributed by atoms with Crippen LogP contribution in [0.2, 0.25) is 0 Å². The number of carbonyl (C=O) groups excluding carboxylic acids is 1. The third-order valence-electron chi connectivity index (χ3n) is 6.41. The van der Waals surface area contributed by atoms with Gasteiger partial charge < -0.3 is 23.8 Å². The van der Waals surface area contributed by atoms with Crippen LogP contribution in [-0.2, 0) is 13.2 Å². The Bertz CT molecular complexity index is 1200. The van der Waals surface area contributed by atoms with Gasteiger partial charge in [0.15, 0.2) is 11.5 Å². The average Bonchev–Trinajstić information content (AvgIpc) is 3.35. The molecule has 1 fully saturated rings. The first-order valence-corrected chi connectivity index (χ1v) is 11.9. The molecule has 2 aliphatic rings. The molecule has 3 aromatic rings. The molecule has 7 heteroatoms. The summed E-state index contributed by atoms with van der Waals surface area (Å²) in [4.78, 5) is 17.5. The van der Waals surface area contributed by atoms with Gasteiger partial charge in [-0.25, -0.2) is 0 Å². The van der Waals surface area contributed by atoms with Crippen molar-refractivity contribution in [3.05, 3.63) is 82.9 Å². The van der Waals surface area contributed by atoms with Crippen molar-refractivity contribution in [3.8, 4) is 23.0 Å². The molecule has 1 saturated heterocycles. The summed E-state index contributed by atoms with van der Waals surface area (Å²) < 4.78 is 22.4. The number of nitrogens with zero attached hydrogens (tertiary/aromatic N) is 2. The molecule has 0 N–H and O–H groups in total. The molecule has 2 heterocycles. The zero-order valence-electron chi connectivity index (χ0n) is 20.2. The topological polar surface area (TPSA) is 60.5 Å². The van der Waals surface area contributed by atoms with E-state index < -0.39 is 0 Å². The number of carbonyl (C=O) groups is 1. The highest BCUT2D eigenvalue weighted by Gasteiger charge is 2.23. The van der Waals surface area contributed by atoms with Crippen LogP contribution in [0.15, 0.2) is 60.7 Å². The number of piperazine rings is 1. The number of hydrogen-bond donors (Lipinski definition) is 0. The van der Waals surface area contributed by atoms with Crippen molar-refractivity contribution in [1.82, 2.24) is 9.80 Å². The van der Waals surface area contributed by atoms with E-state index in [1.165, 1.54) is 5.56 Å². The minimum atomic E-state index is 0.0344. The van der Waals surface area contributed by atoms with Gasteiger partial charge in [0.05, 0.1) is 7.11 Å². The molecule has 1 amide bonds. The number of amides is 1. The van der Waals surface area contributed by atoms with Crippen LogP contribution in [0.25, 0.3) is 0 Å². The molecule has 0 saturated carbocycles. The van der Waals surface area contributed by atoms with Gasteiger partial charge in [0.2, 0.25) is 6.79 Å². The Morgan fingerprint density at radius 1 is 0.943 bits per heavy atom. The summed E-state index contributed by atoms with van der Waals surface area (Å²) in [6.07, 6.45) is 0. The molecule has 0 spiro atoms. The third kappa shape index (κ3) is 5.35. The summed E-state index contributed by atoms with van der Waals surface area (Å²) in [7, 11) is 1.63. The number of hydrogen-bond acceptors (Lipinski definition) is 6. The van der Waals surface area contributed by atoms with Crippen molar-refractivity contribution >= 4 is 5.91 Å². The fourth-order valence-corrected chi connectivity index (χ4v) is 4.48. The summed E-state index contributed by atoms with van der Waals surface area (Å²) in [6, 6.07) is 19.5. The molecule has 0 aliphatic carbocycles. The quantitative estimate of drug-likeness (QED) is 0.510. The summed E-state index contributed by atoms with van der Waals surface area (Å²) in [5.74, 6) is 3.14. The zero-order chi connectivity index (χ0) is 24.2. The van der Waals surface area contributed by atoms with Crippen LogP contribution < -0.4 is 18.9 Å². The number of methoxy groups -OCH3 is 1. The highest BCUT2D eigenvalue weighted by molar-refractivity contribution is 5.94. The van der Waals surface area contributed by atoms with Gasteiger partial charge in [0.25, 0.3) is 5.91 Å². The lowest BCUT2D eigenvalue weighted by Crippen LogP contribution is -2.48. The molecule has 5 rings (SSSR count). The van der Waals surface area contributed by atoms with E-state index in [2.05, 4.69) is 11.0 Å². The van der Waals surface area contributed by atoms with Crippen molar-refractivity contribution in [1.29, 1.82) is 0 Å². The SMILES string of the molecule is COc1ccc(C(=O)N2CCN(Cc3ccc4c(c3)OCO4)CC2)cc1COc1cccc(C)c1. The summed E-state index contributed by atoms with van der Waals surface area (Å²) in [5.41, 5.74) is 3.82. The third-order valence-corrected chi connectivity index (χ3v) is 6.41. The standard InChI is InChI=1S/C28H30N2O5/c1-20-4-3-5-24(14-20)33-18-23-16-22(7-9-25(23)32-2)28(31)30-12-10-29(11-13-30)17-21-6-8-26-27(15-21)35-19-34-26/h3-9,14-16H,10-13,17-19H2,1-2H3. The monoisotopic (exact) mass is 474 g/mol. The van der Waals surface area contributed by atoms with E-state index >= 15 is 0 Å². The molecule has 2 aliphatic heterocycles. The van der Waals surface area contributed by atoms with Crippen molar-refractivity contribution < 1.29 is 23.7 Å². The number of rotatable bonds is 7. The molecule has 182 valence electrons. The molecular weight excluding hydrogens is 444 g/mol. The predicted molar refractivity (Wildman–Crippen MR) is 132 cm³/mol. The van der Waals surface area contributed by atoms with Gasteiger partial charge in [-0.05, 0) is 60.5 Å². The smallest absolute Gasteiger partial charge is 0.253 e. The van der Waals surface area contributed by atoms with E-state index in [-0.39, 0.29) is 12.7 Å². The van der Waals surface area contributed by atoms with E-state index in [9.17, 15) is 4.79 Å². The largest absolute Gasteiger partial charge is 0.496 e. The van der Waals surface area contributed by atoms with Gasteiger partial charge >= 0.3 is 0 Å². The molecule has 0 bridgehead atoms. The maximum atomic E-state index is 13.3. The predicted octanol–water partition coefficient (Wildman–Crippen LogP) is 4.27. The van der Waals surface area contributed by atoms with E-state index in [4.69, 9.17) is 18.9 Å². The van der Waals surface area contributed by atoms with E-state index in [0.717, 1.165) is 48.0 Å². The Hall–Kier alpha value is -3.71. The van der Waals surface area contributed by atoms with E-state index in [1.54, 1.807) is 7.11 Å². The van der Waals surface area contributed by atoms with Gasteiger partial charge in [0.1, 0.15) is 18.1 Å². The molecule has 0 aromatic heterocycles. The highest BCUT2D eigenvalue weighted by Crippen LogP contribution is 2.33. The van der Waals surface area contributed by atoms with Gasteiger partial charge in [-0.15, -0.1) is 0 Å². The van der Waals surface area contributed by atoms with Gasteiger partial charge in [-0.3, -0.25) is 9.69 Å². The zero-order valence-corrected chi connectivity index (χ0v) is 20.2. The fraction of sp³-hybridized carbons (Fsp3) is 0.321. The maximum absolute atomic E-state index is 13.3. The lowest BCUT2D eigenvalue weighted by Gasteiger charge is -2.35. The lowest BCUT2D eigenvalue weighted by molar-refractivity contribution is 0.0628. The minimum absolute atomic E-state index is 0.0344. The second-order valence-electron chi connectivity index (χ2n) is 8.89. The Morgan fingerprint density at radius 2 is 1.77 bits per heavy atom. The van der Waals surface area contributed by atoms with Gasteiger partial charge in [0, 0.05) is 43.9 Å². The Morgan fingerprint density at radius 3 is 2.57 bits per heavy atom. The number of benzene rings is 3. The second kappa shape index (κ2) is 10.3. The lowest BCUT2D eigenvalue weighted by atomic mass is 10.1. The Labute approximate surface area is 205 Å². The van der Waals surface area contributed by atoms with Gasteiger partial charge in [-0.1, -0.05) is 18.2 Å². The first kappa shape index (κ1) is 23.1. The second-order valence-corrected chi connectivity index (χ2v) is 8.89. The van der Waals surface area contributed by atoms with Crippen LogP contribution >= 0.6 is 0 Å². The average molecular weight is 475 g/mol. The molecule has 0 unspecified atom stereocenters. The van der Waals surface area contributed by atoms with Crippen LogP contribution in [-0.4, -0.2) is 55.8 Å². The molecule has 3 aromatic carbocycles. The van der Waals surface area contributed by atoms with Crippen LogP contribution in [0.4, 0.5) is 0 Å². The summed E-state index contributed by atoms with van der Waals surface area (Å²) in [5, 5.41) is 0. The van der Waals surface area contributed by atoms with Crippen LogP contribution in [0.5, 0.6) is 23.0 Å². The van der Waals surface area contributed by atoms with Crippen LogP contribution in [0, 0.1) is 6.92 Å². The van der Waals surface area contributed by atoms with Crippen molar-refractivity contribution in [2.24, 2.45) is 0 Å². The molecule has 0 radical (unpaired) electrons. The first-order valence-electron chi connectivity index (χ1n) is 11.9. The van der Waals surface area contributed by atoms with Crippen molar-refractivity contribution in [2.75, 3.05) is 40.1 Å². The number of aryl methyl sites for hydroxylation is 1. The van der Waals surface area contributed by atoms with E-state index in [1.807, 2.05) is 66.4 Å². The van der Waals surface area contributed by atoms with Crippen LogP contribution in [0.3, 0.4) is 0 Å². The fourth-order valence-electron chi connectivity index (χ4n) is 4.48.